The van der Waals surface area contributed by atoms with E-state index >= 15 is 0 Å². The largest absolute Gasteiger partial charge is 0.435 e. The second-order valence-electron chi connectivity index (χ2n) is 7.03. The molecule has 0 radical (unpaired) electrons. The van der Waals surface area contributed by atoms with Crippen LogP contribution in [0.25, 0.3) is 11.4 Å². The normalized spacial score (nSPS) is 10.8. The van der Waals surface area contributed by atoms with Gasteiger partial charge in [-0.1, -0.05) is 29.5 Å². The molecular weight excluding hydrogens is 454 g/mol. The van der Waals surface area contributed by atoms with Gasteiger partial charge >= 0.3 is 6.61 Å². The number of thioether (sulfide) groups is 1. The van der Waals surface area contributed by atoms with Crippen molar-refractivity contribution in [3.63, 3.8) is 0 Å². The number of hydrogen-bond donors (Lipinski definition) is 2. The molecule has 3 rings (SSSR count). The molecule has 0 atom stereocenters. The van der Waals surface area contributed by atoms with Crippen LogP contribution in [0.2, 0.25) is 0 Å². The number of nitrogens with zero attached hydrogens (tertiary/aromatic N) is 4. The SMILES string of the molecule is Cc1ccc(NC(=O)CN(C)C(=O)CSc2nnc(-c3ccc(OC(F)F)cc3)n2N)cc1. The van der Waals surface area contributed by atoms with E-state index in [9.17, 15) is 18.4 Å². The summed E-state index contributed by atoms with van der Waals surface area (Å²) in [5.74, 6) is 5.70. The van der Waals surface area contributed by atoms with Gasteiger partial charge < -0.3 is 20.8 Å². The first-order valence-electron chi connectivity index (χ1n) is 9.72. The first kappa shape index (κ1) is 24.0. The molecule has 0 unspecified atom stereocenters. The zero-order valence-electron chi connectivity index (χ0n) is 17.9. The number of halogens is 2. The number of carbonyl (C=O) groups excluding carboxylic acids is 2. The number of ether oxygens (including phenoxy) is 1. The molecular formula is C21H22F2N6O3S. The molecule has 2 amide bonds. The number of aromatic nitrogens is 3. The van der Waals surface area contributed by atoms with E-state index in [0.717, 1.165) is 17.3 Å². The summed E-state index contributed by atoms with van der Waals surface area (Å²) in [7, 11) is 1.53. The third-order valence-electron chi connectivity index (χ3n) is 4.47. The Morgan fingerprint density at radius 1 is 1.15 bits per heavy atom. The lowest BCUT2D eigenvalue weighted by Gasteiger charge is -2.16. The van der Waals surface area contributed by atoms with Gasteiger partial charge in [-0.25, -0.2) is 4.68 Å². The molecule has 9 nitrogen and oxygen atoms in total. The Hall–Kier alpha value is -3.67. The standard InChI is InChI=1S/C21H22F2N6O3S/c1-13-3-7-15(8-4-13)25-17(30)11-28(2)18(31)12-33-21-27-26-19(29(21)24)14-5-9-16(10-6-14)32-20(22)23/h3-10,20H,11-12,24H2,1-2H3,(H,25,30). The van der Waals surface area contributed by atoms with E-state index in [4.69, 9.17) is 5.84 Å². The fourth-order valence-electron chi connectivity index (χ4n) is 2.74. The van der Waals surface area contributed by atoms with E-state index in [1.165, 1.54) is 40.9 Å². The fourth-order valence-corrected chi connectivity index (χ4v) is 3.53. The van der Waals surface area contributed by atoms with Crippen molar-refractivity contribution in [3.05, 3.63) is 54.1 Å². The Labute approximate surface area is 192 Å². The summed E-state index contributed by atoms with van der Waals surface area (Å²) in [6.45, 7) is -1.08. The number of nitrogens with one attached hydrogen (secondary N) is 1. The van der Waals surface area contributed by atoms with E-state index in [1.54, 1.807) is 12.1 Å². The molecule has 0 saturated heterocycles. The smallest absolute Gasteiger partial charge is 0.387 e. The Bertz CT molecular complexity index is 1110. The van der Waals surface area contributed by atoms with Crippen molar-refractivity contribution < 1.29 is 23.1 Å². The quantitative estimate of drug-likeness (QED) is 0.360. The summed E-state index contributed by atoms with van der Waals surface area (Å²) in [6.07, 6.45) is 0. The average Bonchev–Trinajstić information content (AvgIpc) is 3.14. The Morgan fingerprint density at radius 3 is 2.45 bits per heavy atom. The highest BCUT2D eigenvalue weighted by atomic mass is 32.2. The second kappa shape index (κ2) is 10.8. The number of aryl methyl sites for hydroxylation is 1. The van der Waals surface area contributed by atoms with Crippen LogP contribution < -0.4 is 15.9 Å². The van der Waals surface area contributed by atoms with Crippen molar-refractivity contribution in [2.45, 2.75) is 18.7 Å². The Balaban J connectivity index is 1.53. The molecule has 2 aromatic carbocycles. The minimum atomic E-state index is -2.92. The molecule has 12 heteroatoms. The third kappa shape index (κ3) is 6.65. The summed E-state index contributed by atoms with van der Waals surface area (Å²) in [4.78, 5) is 25.9. The van der Waals surface area contributed by atoms with Crippen molar-refractivity contribution in [2.24, 2.45) is 0 Å². The summed E-state index contributed by atoms with van der Waals surface area (Å²) in [5, 5.41) is 11.0. The summed E-state index contributed by atoms with van der Waals surface area (Å²) in [5.41, 5.74) is 2.26. The number of hydrogen-bond acceptors (Lipinski definition) is 7. The van der Waals surface area contributed by atoms with E-state index in [-0.39, 0.29) is 35.0 Å². The zero-order valence-corrected chi connectivity index (χ0v) is 18.7. The van der Waals surface area contributed by atoms with Crippen LogP contribution >= 0.6 is 11.8 Å². The molecule has 174 valence electrons. The lowest BCUT2D eigenvalue weighted by molar-refractivity contribution is -0.131. The van der Waals surface area contributed by atoms with Crippen LogP contribution in [0.1, 0.15) is 5.56 Å². The highest BCUT2D eigenvalue weighted by molar-refractivity contribution is 7.99. The highest BCUT2D eigenvalue weighted by Gasteiger charge is 2.17. The van der Waals surface area contributed by atoms with Gasteiger partial charge in [-0.2, -0.15) is 8.78 Å². The molecule has 0 fully saturated rings. The molecule has 0 aliphatic carbocycles. The van der Waals surface area contributed by atoms with Gasteiger partial charge in [0, 0.05) is 18.3 Å². The van der Waals surface area contributed by atoms with Gasteiger partial charge in [-0.15, -0.1) is 10.2 Å². The van der Waals surface area contributed by atoms with Gasteiger partial charge in [-0.05, 0) is 43.3 Å². The van der Waals surface area contributed by atoms with Crippen molar-refractivity contribution in [3.8, 4) is 17.1 Å². The number of alkyl halides is 2. The van der Waals surface area contributed by atoms with Crippen LogP contribution in [0, 0.1) is 6.92 Å². The molecule has 3 aromatic rings. The summed E-state index contributed by atoms with van der Waals surface area (Å²) in [6, 6.07) is 13.1. The second-order valence-corrected chi connectivity index (χ2v) is 7.97. The van der Waals surface area contributed by atoms with Crippen LogP contribution in [-0.4, -0.2) is 57.5 Å². The number of likely N-dealkylation sites (N-methyl/N-ethyl adjacent to an activating group) is 1. The third-order valence-corrected chi connectivity index (χ3v) is 5.40. The molecule has 0 aliphatic heterocycles. The van der Waals surface area contributed by atoms with E-state index in [0.29, 0.717) is 17.1 Å². The Morgan fingerprint density at radius 2 is 1.82 bits per heavy atom. The number of rotatable bonds is 9. The van der Waals surface area contributed by atoms with Gasteiger partial charge in [0.25, 0.3) is 0 Å². The van der Waals surface area contributed by atoms with Gasteiger partial charge in [0.1, 0.15) is 5.75 Å². The topological polar surface area (TPSA) is 115 Å². The zero-order chi connectivity index (χ0) is 24.0. The van der Waals surface area contributed by atoms with Gasteiger partial charge in [0.05, 0.1) is 12.3 Å². The van der Waals surface area contributed by atoms with Crippen LogP contribution in [0.5, 0.6) is 5.75 Å². The van der Waals surface area contributed by atoms with Crippen molar-refractivity contribution in [2.75, 3.05) is 30.5 Å². The summed E-state index contributed by atoms with van der Waals surface area (Å²) >= 11 is 1.06. The first-order chi connectivity index (χ1) is 15.7. The van der Waals surface area contributed by atoms with Crippen LogP contribution in [0.15, 0.2) is 53.7 Å². The fraction of sp³-hybridized carbons (Fsp3) is 0.238. The number of nitrogens with two attached hydrogens (primary N) is 1. The maximum Gasteiger partial charge on any atom is 0.387 e. The van der Waals surface area contributed by atoms with Gasteiger partial charge in [-0.3, -0.25) is 9.59 Å². The van der Waals surface area contributed by atoms with E-state index in [2.05, 4.69) is 20.3 Å². The number of anilines is 1. The van der Waals surface area contributed by atoms with E-state index in [1.807, 2.05) is 19.1 Å². The van der Waals surface area contributed by atoms with Crippen LogP contribution in [-0.2, 0) is 9.59 Å². The lowest BCUT2D eigenvalue weighted by atomic mass is 10.2. The number of benzene rings is 2. The number of amides is 2. The highest BCUT2D eigenvalue weighted by Crippen LogP contribution is 2.24. The van der Waals surface area contributed by atoms with Gasteiger partial charge in [0.15, 0.2) is 5.82 Å². The van der Waals surface area contributed by atoms with Crippen molar-refractivity contribution in [1.29, 1.82) is 0 Å². The first-order valence-corrected chi connectivity index (χ1v) is 10.7. The molecule has 0 spiro atoms. The maximum atomic E-state index is 12.4. The minimum Gasteiger partial charge on any atom is -0.435 e. The summed E-state index contributed by atoms with van der Waals surface area (Å²) < 4.78 is 30.1. The van der Waals surface area contributed by atoms with Crippen molar-refractivity contribution >= 4 is 29.3 Å². The average molecular weight is 477 g/mol. The van der Waals surface area contributed by atoms with Crippen molar-refractivity contribution in [1.82, 2.24) is 19.8 Å². The van der Waals surface area contributed by atoms with Gasteiger partial charge in [0.2, 0.25) is 17.0 Å². The molecule has 1 aromatic heterocycles. The van der Waals surface area contributed by atoms with E-state index < -0.39 is 6.61 Å². The molecule has 3 N–H and O–H groups in total. The monoisotopic (exact) mass is 476 g/mol. The van der Waals surface area contributed by atoms with Crippen LogP contribution in [0.4, 0.5) is 14.5 Å². The Kier molecular flexibility index (Phi) is 7.83. The molecule has 33 heavy (non-hydrogen) atoms. The predicted octanol–water partition coefficient (Wildman–Crippen LogP) is 2.76. The maximum absolute atomic E-state index is 12.4. The molecule has 0 saturated carbocycles. The minimum absolute atomic E-state index is 0.00600. The van der Waals surface area contributed by atoms with Crippen LogP contribution in [0.3, 0.4) is 0 Å². The predicted molar refractivity (Wildman–Crippen MR) is 120 cm³/mol. The molecule has 1 heterocycles. The molecule has 0 bridgehead atoms. The number of carbonyl (C=O) groups is 2. The lowest BCUT2D eigenvalue weighted by Crippen LogP contribution is -2.36. The molecule has 0 aliphatic rings. The number of nitrogen functional groups attached to an aromatic ring is 1.